The van der Waals surface area contributed by atoms with E-state index in [0.29, 0.717) is 12.4 Å². The van der Waals surface area contributed by atoms with Crippen LogP contribution < -0.4 is 5.73 Å². The van der Waals surface area contributed by atoms with Gasteiger partial charge in [0.2, 0.25) is 0 Å². The minimum Gasteiger partial charge on any atom is -0.466 e. The lowest BCUT2D eigenvalue weighted by Gasteiger charge is -2.01. The molecule has 0 aliphatic heterocycles. The molecule has 0 bridgehead atoms. The summed E-state index contributed by atoms with van der Waals surface area (Å²) >= 11 is 1.46. The van der Waals surface area contributed by atoms with Crippen LogP contribution in [0.4, 0.5) is 5.82 Å². The SMILES string of the molecule is CCOC(=O)Cc1csc2ncc(N)n12. The fourth-order valence-electron chi connectivity index (χ4n) is 1.37. The van der Waals surface area contributed by atoms with Gasteiger partial charge in [-0.2, -0.15) is 0 Å². The first-order valence-corrected chi connectivity index (χ1v) is 5.45. The minimum absolute atomic E-state index is 0.231. The molecule has 0 aliphatic rings. The fourth-order valence-corrected chi connectivity index (χ4v) is 2.24. The van der Waals surface area contributed by atoms with E-state index in [1.54, 1.807) is 17.5 Å². The molecule has 0 radical (unpaired) electrons. The van der Waals surface area contributed by atoms with Gasteiger partial charge in [0.25, 0.3) is 0 Å². The number of anilines is 1. The molecular formula is C9H11N3O2S. The average Bonchev–Trinajstić information content (AvgIpc) is 2.72. The van der Waals surface area contributed by atoms with Gasteiger partial charge in [0.15, 0.2) is 4.96 Å². The van der Waals surface area contributed by atoms with Crippen LogP contribution in [-0.2, 0) is 16.0 Å². The number of hydrogen-bond acceptors (Lipinski definition) is 5. The topological polar surface area (TPSA) is 69.6 Å². The zero-order valence-electron chi connectivity index (χ0n) is 8.27. The van der Waals surface area contributed by atoms with E-state index in [-0.39, 0.29) is 12.4 Å². The van der Waals surface area contributed by atoms with Gasteiger partial charge in [-0.15, -0.1) is 11.3 Å². The van der Waals surface area contributed by atoms with Crippen LogP contribution in [-0.4, -0.2) is 22.0 Å². The Balaban J connectivity index is 2.27. The van der Waals surface area contributed by atoms with Crippen LogP contribution in [0, 0.1) is 0 Å². The number of hydrogen-bond donors (Lipinski definition) is 1. The van der Waals surface area contributed by atoms with E-state index in [9.17, 15) is 4.79 Å². The summed E-state index contributed by atoms with van der Waals surface area (Å²) in [5.74, 6) is 0.302. The highest BCUT2D eigenvalue weighted by Gasteiger charge is 2.11. The van der Waals surface area contributed by atoms with E-state index in [0.717, 1.165) is 10.7 Å². The summed E-state index contributed by atoms with van der Waals surface area (Å²) < 4.78 is 6.64. The van der Waals surface area contributed by atoms with Gasteiger partial charge in [-0.25, -0.2) is 4.98 Å². The zero-order chi connectivity index (χ0) is 10.8. The highest BCUT2D eigenvalue weighted by atomic mass is 32.1. The predicted octanol–water partition coefficient (Wildman–Crippen LogP) is 1.08. The highest BCUT2D eigenvalue weighted by Crippen LogP contribution is 2.19. The van der Waals surface area contributed by atoms with E-state index in [2.05, 4.69) is 4.98 Å². The van der Waals surface area contributed by atoms with Crippen LogP contribution in [0.2, 0.25) is 0 Å². The molecule has 6 heteroatoms. The molecule has 2 N–H and O–H groups in total. The Morgan fingerprint density at radius 2 is 2.53 bits per heavy atom. The van der Waals surface area contributed by atoms with Crippen molar-refractivity contribution < 1.29 is 9.53 Å². The molecule has 0 atom stereocenters. The summed E-state index contributed by atoms with van der Waals surface area (Å²) in [7, 11) is 0. The average molecular weight is 225 g/mol. The van der Waals surface area contributed by atoms with E-state index < -0.39 is 0 Å². The predicted molar refractivity (Wildman–Crippen MR) is 57.8 cm³/mol. The van der Waals surface area contributed by atoms with E-state index >= 15 is 0 Å². The van der Waals surface area contributed by atoms with Gasteiger partial charge in [-0.05, 0) is 6.92 Å². The van der Waals surface area contributed by atoms with Gasteiger partial charge in [-0.3, -0.25) is 9.20 Å². The third-order valence-corrected chi connectivity index (χ3v) is 2.86. The molecule has 0 saturated carbocycles. The maximum Gasteiger partial charge on any atom is 0.311 e. The fraction of sp³-hybridized carbons (Fsp3) is 0.333. The van der Waals surface area contributed by atoms with Crippen molar-refractivity contribution in [2.24, 2.45) is 0 Å². The molecule has 0 amide bonds. The second-order valence-corrected chi connectivity index (χ2v) is 3.85. The number of esters is 1. The van der Waals surface area contributed by atoms with Gasteiger partial charge >= 0.3 is 5.97 Å². The van der Waals surface area contributed by atoms with Crippen molar-refractivity contribution in [3.05, 3.63) is 17.3 Å². The number of nitrogens with two attached hydrogens (primary N) is 1. The summed E-state index contributed by atoms with van der Waals surface area (Å²) in [4.78, 5) is 16.2. The Labute approximate surface area is 90.5 Å². The number of nitrogens with zero attached hydrogens (tertiary/aromatic N) is 2. The van der Waals surface area contributed by atoms with Gasteiger partial charge in [0, 0.05) is 11.1 Å². The standard InChI is InChI=1S/C9H11N3O2S/c1-2-14-8(13)3-6-5-15-9-11-4-7(10)12(6)9/h4-5H,2-3,10H2,1H3. The second kappa shape index (κ2) is 3.90. The third kappa shape index (κ3) is 1.80. The monoisotopic (exact) mass is 225 g/mol. The van der Waals surface area contributed by atoms with E-state index in [1.807, 2.05) is 5.38 Å². The number of nitrogen functional groups attached to an aromatic ring is 1. The lowest BCUT2D eigenvalue weighted by molar-refractivity contribution is -0.142. The third-order valence-electron chi connectivity index (χ3n) is 1.98. The number of thiazole rings is 1. The van der Waals surface area contributed by atoms with Crippen molar-refractivity contribution >= 4 is 28.1 Å². The van der Waals surface area contributed by atoms with E-state index in [1.165, 1.54) is 11.3 Å². The number of carbonyl (C=O) groups excluding carboxylic acids is 1. The molecule has 0 fully saturated rings. The number of rotatable bonds is 3. The first-order chi connectivity index (χ1) is 7.22. The van der Waals surface area contributed by atoms with Crippen LogP contribution in [0.25, 0.3) is 4.96 Å². The molecule has 80 valence electrons. The Kier molecular flexibility index (Phi) is 2.59. The summed E-state index contributed by atoms with van der Waals surface area (Å²) in [5, 5.41) is 1.87. The molecule has 2 rings (SSSR count). The molecule has 0 spiro atoms. The molecule has 5 nitrogen and oxygen atoms in total. The second-order valence-electron chi connectivity index (χ2n) is 3.01. The molecule has 0 saturated heterocycles. The number of carbonyl (C=O) groups is 1. The molecule has 15 heavy (non-hydrogen) atoms. The lowest BCUT2D eigenvalue weighted by Crippen LogP contribution is -2.09. The van der Waals surface area contributed by atoms with Gasteiger partial charge in [-0.1, -0.05) is 0 Å². The summed E-state index contributed by atoms with van der Waals surface area (Å²) in [5.41, 5.74) is 6.55. The van der Waals surface area contributed by atoms with Crippen LogP contribution in [0.3, 0.4) is 0 Å². The maximum atomic E-state index is 11.3. The number of imidazole rings is 1. The molecule has 2 heterocycles. The molecule has 2 aromatic heterocycles. The maximum absolute atomic E-state index is 11.3. The Morgan fingerprint density at radius 3 is 3.27 bits per heavy atom. The van der Waals surface area contributed by atoms with Crippen LogP contribution in [0.5, 0.6) is 0 Å². The largest absolute Gasteiger partial charge is 0.466 e. The lowest BCUT2D eigenvalue weighted by atomic mass is 10.3. The van der Waals surface area contributed by atoms with Crippen molar-refractivity contribution in [3.8, 4) is 0 Å². The van der Waals surface area contributed by atoms with Crippen LogP contribution >= 0.6 is 11.3 Å². The highest BCUT2D eigenvalue weighted by molar-refractivity contribution is 7.15. The molecule has 0 unspecified atom stereocenters. The molecular weight excluding hydrogens is 214 g/mol. The summed E-state index contributed by atoms with van der Waals surface area (Å²) in [6.07, 6.45) is 1.81. The van der Waals surface area contributed by atoms with Crippen molar-refractivity contribution in [1.29, 1.82) is 0 Å². The number of ether oxygens (including phenoxy) is 1. The molecule has 2 aromatic rings. The number of aromatic nitrogens is 2. The van der Waals surface area contributed by atoms with Gasteiger partial charge < -0.3 is 10.5 Å². The van der Waals surface area contributed by atoms with Crippen molar-refractivity contribution in [2.75, 3.05) is 12.3 Å². The minimum atomic E-state index is -0.245. The first kappa shape index (κ1) is 9.97. The van der Waals surface area contributed by atoms with Gasteiger partial charge in [0.1, 0.15) is 5.82 Å². The van der Waals surface area contributed by atoms with Crippen LogP contribution in [0.1, 0.15) is 12.6 Å². The summed E-state index contributed by atoms with van der Waals surface area (Å²) in [6, 6.07) is 0. The van der Waals surface area contributed by atoms with Crippen molar-refractivity contribution in [3.63, 3.8) is 0 Å². The van der Waals surface area contributed by atoms with Crippen LogP contribution in [0.15, 0.2) is 11.6 Å². The Hall–Kier alpha value is -1.56. The zero-order valence-corrected chi connectivity index (χ0v) is 9.08. The number of fused-ring (bicyclic) bond motifs is 1. The Bertz CT molecular complexity index is 488. The molecule has 0 aromatic carbocycles. The smallest absolute Gasteiger partial charge is 0.311 e. The molecule has 0 aliphatic carbocycles. The first-order valence-electron chi connectivity index (χ1n) is 4.57. The summed E-state index contributed by atoms with van der Waals surface area (Å²) in [6.45, 7) is 2.18. The van der Waals surface area contributed by atoms with Crippen molar-refractivity contribution in [2.45, 2.75) is 13.3 Å². The van der Waals surface area contributed by atoms with E-state index in [4.69, 9.17) is 10.5 Å². The quantitative estimate of drug-likeness (QED) is 0.794. The van der Waals surface area contributed by atoms with Gasteiger partial charge in [0.05, 0.1) is 19.2 Å². The normalized spacial score (nSPS) is 10.7. The Morgan fingerprint density at radius 1 is 1.73 bits per heavy atom. The van der Waals surface area contributed by atoms with Crippen molar-refractivity contribution in [1.82, 2.24) is 9.38 Å².